The third kappa shape index (κ3) is 5.54. The number of carbonyl (C=O) groups is 2. The molecule has 1 heterocycles. The fourth-order valence-electron chi connectivity index (χ4n) is 3.55. The van der Waals surface area contributed by atoms with Crippen molar-refractivity contribution in [3.63, 3.8) is 0 Å². The number of carbonyl (C=O) groups excluding carboxylic acids is 2. The van der Waals surface area contributed by atoms with E-state index in [1.165, 1.54) is 0 Å². The summed E-state index contributed by atoms with van der Waals surface area (Å²) in [5.74, 6) is 0.153. The molecule has 0 radical (unpaired) electrons. The van der Waals surface area contributed by atoms with Crippen molar-refractivity contribution < 1.29 is 19.1 Å². The highest BCUT2D eigenvalue weighted by Crippen LogP contribution is 2.29. The SMILES string of the molecule is CC1=C(C(=O)OCc2ccccc2)C(c2ccc(OCc3ccccc3Cl)cc2)NC(=O)N1. The van der Waals surface area contributed by atoms with Gasteiger partial charge in [0.2, 0.25) is 0 Å². The predicted octanol–water partition coefficient (Wildman–Crippen LogP) is 5.29. The molecule has 3 aromatic rings. The Balaban J connectivity index is 1.48. The molecule has 6 nitrogen and oxygen atoms in total. The Morgan fingerprint density at radius 2 is 1.64 bits per heavy atom. The van der Waals surface area contributed by atoms with E-state index in [1.807, 2.05) is 66.7 Å². The van der Waals surface area contributed by atoms with Crippen molar-refractivity contribution in [1.29, 1.82) is 0 Å². The van der Waals surface area contributed by atoms with Gasteiger partial charge in [-0.3, -0.25) is 0 Å². The van der Waals surface area contributed by atoms with Crippen LogP contribution in [0, 0.1) is 0 Å². The van der Waals surface area contributed by atoms with Gasteiger partial charge in [0.15, 0.2) is 0 Å². The number of urea groups is 1. The highest BCUT2D eigenvalue weighted by Gasteiger charge is 2.32. The van der Waals surface area contributed by atoms with Crippen LogP contribution < -0.4 is 15.4 Å². The smallest absolute Gasteiger partial charge is 0.338 e. The third-order valence-electron chi connectivity index (χ3n) is 5.27. The predicted molar refractivity (Wildman–Crippen MR) is 126 cm³/mol. The number of halogens is 1. The highest BCUT2D eigenvalue weighted by atomic mass is 35.5. The van der Waals surface area contributed by atoms with Gasteiger partial charge in [0.1, 0.15) is 19.0 Å². The molecule has 0 aromatic heterocycles. The fraction of sp³-hybridized carbons (Fsp3) is 0.154. The number of allylic oxidation sites excluding steroid dienone is 1. The van der Waals surface area contributed by atoms with Crippen LogP contribution in [0.5, 0.6) is 5.75 Å². The van der Waals surface area contributed by atoms with E-state index in [4.69, 9.17) is 21.1 Å². The summed E-state index contributed by atoms with van der Waals surface area (Å²) in [5.41, 5.74) is 3.32. The summed E-state index contributed by atoms with van der Waals surface area (Å²) < 4.78 is 11.4. The lowest BCUT2D eigenvalue weighted by atomic mass is 9.95. The quantitative estimate of drug-likeness (QED) is 0.468. The average Bonchev–Trinajstić information content (AvgIpc) is 2.82. The van der Waals surface area contributed by atoms with E-state index in [0.717, 1.165) is 16.7 Å². The van der Waals surface area contributed by atoms with Crippen LogP contribution in [-0.2, 0) is 22.7 Å². The van der Waals surface area contributed by atoms with E-state index < -0.39 is 12.0 Å². The normalized spacial score (nSPS) is 15.5. The second kappa shape index (κ2) is 10.2. The molecule has 1 unspecified atom stereocenters. The molecule has 4 rings (SSSR count). The summed E-state index contributed by atoms with van der Waals surface area (Å²) in [4.78, 5) is 25.0. The average molecular weight is 463 g/mol. The van der Waals surface area contributed by atoms with Gasteiger partial charge in [-0.25, -0.2) is 9.59 Å². The number of hydrogen-bond donors (Lipinski definition) is 2. The van der Waals surface area contributed by atoms with E-state index in [-0.39, 0.29) is 12.6 Å². The first-order valence-electron chi connectivity index (χ1n) is 10.5. The van der Waals surface area contributed by atoms with Crippen LogP contribution in [-0.4, -0.2) is 12.0 Å². The zero-order chi connectivity index (χ0) is 23.2. The summed E-state index contributed by atoms with van der Waals surface area (Å²) in [7, 11) is 0. The van der Waals surface area contributed by atoms with Crippen molar-refractivity contribution in [2.45, 2.75) is 26.2 Å². The van der Waals surface area contributed by atoms with Crippen LogP contribution in [0.25, 0.3) is 0 Å². The van der Waals surface area contributed by atoms with Crippen molar-refractivity contribution >= 4 is 23.6 Å². The molecule has 0 bridgehead atoms. The molecule has 3 aromatic carbocycles. The molecule has 0 saturated carbocycles. The molecule has 2 N–H and O–H groups in total. The minimum atomic E-state index is -0.639. The van der Waals surface area contributed by atoms with Crippen molar-refractivity contribution in [3.8, 4) is 5.75 Å². The molecular formula is C26H23ClN2O4. The summed E-state index contributed by atoms with van der Waals surface area (Å²) in [6.07, 6.45) is 0. The van der Waals surface area contributed by atoms with Gasteiger partial charge in [0.05, 0.1) is 11.6 Å². The van der Waals surface area contributed by atoms with Crippen LogP contribution in [0.15, 0.2) is 90.1 Å². The summed E-state index contributed by atoms with van der Waals surface area (Å²) in [6, 6.07) is 23.1. The highest BCUT2D eigenvalue weighted by molar-refractivity contribution is 6.31. The Morgan fingerprint density at radius 3 is 2.36 bits per heavy atom. The topological polar surface area (TPSA) is 76.7 Å². The first-order valence-corrected chi connectivity index (χ1v) is 10.8. The van der Waals surface area contributed by atoms with E-state index in [2.05, 4.69) is 10.6 Å². The van der Waals surface area contributed by atoms with Gasteiger partial charge in [0, 0.05) is 16.3 Å². The number of esters is 1. The maximum atomic E-state index is 12.9. The standard InChI is InChI=1S/C26H23ClN2O4/c1-17-23(25(30)33-15-18-7-3-2-4-8-18)24(29-26(31)28-17)19-11-13-21(14-12-19)32-16-20-9-5-6-10-22(20)27/h2-14,24H,15-16H2,1H3,(H2,28,29,31). The van der Waals surface area contributed by atoms with Crippen molar-refractivity contribution in [2.75, 3.05) is 0 Å². The van der Waals surface area contributed by atoms with E-state index in [1.54, 1.807) is 19.1 Å². The van der Waals surface area contributed by atoms with Crippen LogP contribution in [0.4, 0.5) is 4.79 Å². The first-order chi connectivity index (χ1) is 16.0. The second-order valence-corrected chi connectivity index (χ2v) is 7.99. The van der Waals surface area contributed by atoms with Gasteiger partial charge in [0.25, 0.3) is 0 Å². The minimum Gasteiger partial charge on any atom is -0.489 e. The largest absolute Gasteiger partial charge is 0.489 e. The van der Waals surface area contributed by atoms with Crippen molar-refractivity contribution in [1.82, 2.24) is 10.6 Å². The molecule has 0 aliphatic carbocycles. The molecule has 0 spiro atoms. The fourth-order valence-corrected chi connectivity index (χ4v) is 3.74. The molecule has 1 aliphatic rings. The molecule has 1 atom stereocenters. The third-order valence-corrected chi connectivity index (χ3v) is 5.64. The van der Waals surface area contributed by atoms with E-state index in [9.17, 15) is 9.59 Å². The summed E-state index contributed by atoms with van der Waals surface area (Å²) in [6.45, 7) is 2.16. The Labute approximate surface area is 197 Å². The first kappa shape index (κ1) is 22.4. The zero-order valence-corrected chi connectivity index (χ0v) is 18.8. The molecular weight excluding hydrogens is 440 g/mol. The van der Waals surface area contributed by atoms with Crippen LogP contribution in [0.1, 0.15) is 29.7 Å². The maximum Gasteiger partial charge on any atom is 0.338 e. The van der Waals surface area contributed by atoms with Crippen molar-refractivity contribution in [3.05, 3.63) is 112 Å². The molecule has 168 valence electrons. The minimum absolute atomic E-state index is 0.145. The summed E-state index contributed by atoms with van der Waals surface area (Å²) in [5, 5.41) is 6.11. The zero-order valence-electron chi connectivity index (χ0n) is 18.0. The maximum absolute atomic E-state index is 12.9. The number of benzene rings is 3. The molecule has 0 fully saturated rings. The van der Waals surface area contributed by atoms with Gasteiger partial charge >= 0.3 is 12.0 Å². The number of hydrogen-bond acceptors (Lipinski definition) is 4. The Hall–Kier alpha value is -3.77. The number of nitrogens with one attached hydrogen (secondary N) is 2. The Kier molecular flexibility index (Phi) is 6.95. The van der Waals surface area contributed by atoms with E-state index in [0.29, 0.717) is 28.6 Å². The van der Waals surface area contributed by atoms with Crippen LogP contribution >= 0.6 is 11.6 Å². The monoisotopic (exact) mass is 462 g/mol. The van der Waals surface area contributed by atoms with E-state index >= 15 is 0 Å². The molecule has 33 heavy (non-hydrogen) atoms. The van der Waals surface area contributed by atoms with Crippen LogP contribution in [0.2, 0.25) is 5.02 Å². The molecule has 7 heteroatoms. The molecule has 1 aliphatic heterocycles. The van der Waals surface area contributed by atoms with Crippen molar-refractivity contribution in [2.24, 2.45) is 0 Å². The lowest BCUT2D eigenvalue weighted by Gasteiger charge is -2.28. The van der Waals surface area contributed by atoms with Gasteiger partial charge in [-0.05, 0) is 36.2 Å². The van der Waals surface area contributed by atoms with Gasteiger partial charge in [-0.1, -0.05) is 72.3 Å². The number of ether oxygens (including phenoxy) is 2. The summed E-state index contributed by atoms with van der Waals surface area (Å²) >= 11 is 6.18. The van der Waals surface area contributed by atoms with Crippen LogP contribution in [0.3, 0.4) is 0 Å². The molecule has 0 saturated heterocycles. The lowest BCUT2D eigenvalue weighted by Crippen LogP contribution is -2.45. The Bertz CT molecular complexity index is 1180. The molecule has 2 amide bonds. The number of rotatable bonds is 7. The second-order valence-electron chi connectivity index (χ2n) is 7.58. The van der Waals surface area contributed by atoms with Gasteiger partial charge < -0.3 is 20.1 Å². The van der Waals surface area contributed by atoms with Gasteiger partial charge in [-0.15, -0.1) is 0 Å². The Morgan fingerprint density at radius 1 is 0.939 bits per heavy atom. The lowest BCUT2D eigenvalue weighted by molar-refractivity contribution is -0.140. The number of amides is 2. The van der Waals surface area contributed by atoms with Gasteiger partial charge in [-0.2, -0.15) is 0 Å².